The molecule has 0 radical (unpaired) electrons. The number of aliphatic imine (C=N–C) groups is 1. The van der Waals surface area contributed by atoms with Crippen molar-refractivity contribution in [3.63, 3.8) is 0 Å². The molecule has 2 aromatic rings. The van der Waals surface area contributed by atoms with Gasteiger partial charge in [0.1, 0.15) is 11.5 Å². The number of para-hydroxylation sites is 1. The summed E-state index contributed by atoms with van der Waals surface area (Å²) in [5.74, 6) is 1.56. The molecule has 0 spiro atoms. The second kappa shape index (κ2) is 9.10. The van der Waals surface area contributed by atoms with Crippen LogP contribution in [0.4, 0.5) is 5.69 Å². The zero-order valence-electron chi connectivity index (χ0n) is 15.0. The first-order valence-electron chi connectivity index (χ1n) is 8.05. The van der Waals surface area contributed by atoms with E-state index in [1.807, 2.05) is 31.2 Å². The van der Waals surface area contributed by atoms with Gasteiger partial charge in [0.2, 0.25) is 16.0 Å². The Labute approximate surface area is 154 Å². The van der Waals surface area contributed by atoms with Gasteiger partial charge in [-0.3, -0.25) is 4.72 Å². The minimum Gasteiger partial charge on any atom is -0.496 e. The van der Waals surface area contributed by atoms with Gasteiger partial charge < -0.3 is 14.8 Å². The Kier molecular flexibility index (Phi) is 6.85. The highest BCUT2D eigenvalue weighted by Crippen LogP contribution is 2.19. The Morgan fingerprint density at radius 2 is 1.81 bits per heavy atom. The molecule has 0 aromatic heterocycles. The van der Waals surface area contributed by atoms with Gasteiger partial charge in [-0.25, -0.2) is 13.4 Å². The van der Waals surface area contributed by atoms with Gasteiger partial charge in [-0.15, -0.1) is 0 Å². The fourth-order valence-corrected chi connectivity index (χ4v) is 2.68. The number of ether oxygens (including phenoxy) is 2. The summed E-state index contributed by atoms with van der Waals surface area (Å²) in [4.78, 5) is 4.35. The fourth-order valence-electron chi connectivity index (χ4n) is 2.21. The molecular weight excluding hydrogens is 354 g/mol. The summed E-state index contributed by atoms with van der Waals surface area (Å²) in [7, 11) is -1.90. The zero-order chi connectivity index (χ0) is 19.0. The highest BCUT2D eigenvalue weighted by molar-refractivity contribution is 7.89. The number of methoxy groups -OCH3 is 1. The molecule has 0 amide bonds. The van der Waals surface area contributed by atoms with Crippen molar-refractivity contribution < 1.29 is 17.9 Å². The predicted octanol–water partition coefficient (Wildman–Crippen LogP) is 2.61. The third kappa shape index (κ3) is 6.29. The average molecular weight is 377 g/mol. The van der Waals surface area contributed by atoms with E-state index in [-0.39, 0.29) is 12.5 Å². The molecule has 0 heterocycles. The van der Waals surface area contributed by atoms with E-state index in [1.165, 1.54) is 0 Å². The second-order valence-corrected chi connectivity index (χ2v) is 7.18. The number of hydrogen-bond donors (Lipinski definition) is 2. The van der Waals surface area contributed by atoms with E-state index < -0.39 is 10.0 Å². The van der Waals surface area contributed by atoms with E-state index in [4.69, 9.17) is 9.47 Å². The lowest BCUT2D eigenvalue weighted by Crippen LogP contribution is -2.35. The first-order chi connectivity index (χ1) is 12.4. The number of hydrogen-bond acceptors (Lipinski definition) is 5. The fraction of sp³-hybridized carbons (Fsp3) is 0.278. The molecule has 0 saturated carbocycles. The Morgan fingerprint density at radius 1 is 1.12 bits per heavy atom. The van der Waals surface area contributed by atoms with Crippen LogP contribution in [0.5, 0.6) is 11.5 Å². The van der Waals surface area contributed by atoms with Gasteiger partial charge in [-0.1, -0.05) is 18.2 Å². The van der Waals surface area contributed by atoms with Crippen LogP contribution in [-0.2, 0) is 16.6 Å². The Balaban J connectivity index is 2.19. The predicted molar refractivity (Wildman–Crippen MR) is 103 cm³/mol. The van der Waals surface area contributed by atoms with Crippen molar-refractivity contribution in [1.29, 1.82) is 0 Å². The normalized spacial score (nSPS) is 11.7. The molecule has 8 heteroatoms. The van der Waals surface area contributed by atoms with Crippen molar-refractivity contribution in [2.24, 2.45) is 4.99 Å². The molecule has 0 bridgehead atoms. The van der Waals surface area contributed by atoms with Crippen LogP contribution in [0.15, 0.2) is 53.5 Å². The van der Waals surface area contributed by atoms with Crippen LogP contribution in [-0.4, -0.2) is 34.3 Å². The van der Waals surface area contributed by atoms with Crippen LogP contribution in [0.1, 0.15) is 12.5 Å². The third-order valence-electron chi connectivity index (χ3n) is 3.31. The summed E-state index contributed by atoms with van der Waals surface area (Å²) < 4.78 is 36.3. The van der Waals surface area contributed by atoms with Crippen LogP contribution in [0, 0.1) is 0 Å². The molecule has 0 saturated heterocycles. The summed E-state index contributed by atoms with van der Waals surface area (Å²) in [6.07, 6.45) is 1.07. The lowest BCUT2D eigenvalue weighted by atomic mass is 10.2. The van der Waals surface area contributed by atoms with Crippen molar-refractivity contribution in [2.75, 3.05) is 25.3 Å². The Bertz CT molecular complexity index is 849. The smallest absolute Gasteiger partial charge is 0.232 e. The van der Waals surface area contributed by atoms with E-state index in [0.29, 0.717) is 18.0 Å². The molecule has 0 atom stereocenters. The summed E-state index contributed by atoms with van der Waals surface area (Å²) in [6.45, 7) is 2.74. The maximum atomic E-state index is 11.6. The van der Waals surface area contributed by atoms with Crippen LogP contribution in [0.3, 0.4) is 0 Å². The van der Waals surface area contributed by atoms with Gasteiger partial charge >= 0.3 is 0 Å². The van der Waals surface area contributed by atoms with E-state index >= 15 is 0 Å². The van der Waals surface area contributed by atoms with Crippen LogP contribution < -0.4 is 19.5 Å². The summed E-state index contributed by atoms with van der Waals surface area (Å²) in [5.41, 5.74) is 1.53. The first-order valence-corrected chi connectivity index (χ1v) is 9.94. The van der Waals surface area contributed by atoms with Gasteiger partial charge in [0.15, 0.2) is 0 Å². The van der Waals surface area contributed by atoms with Crippen LogP contribution in [0.25, 0.3) is 0 Å². The van der Waals surface area contributed by atoms with Crippen LogP contribution >= 0.6 is 0 Å². The number of rotatable bonds is 7. The molecular formula is C18H23N3O4S. The number of guanidine groups is 1. The summed E-state index contributed by atoms with van der Waals surface area (Å²) >= 11 is 0. The second-order valence-electron chi connectivity index (χ2n) is 5.43. The van der Waals surface area contributed by atoms with Crippen molar-refractivity contribution in [1.82, 2.24) is 4.72 Å². The number of sulfonamides is 1. The minimum atomic E-state index is -3.48. The Hall–Kier alpha value is -2.74. The first kappa shape index (κ1) is 19.6. The molecule has 26 heavy (non-hydrogen) atoms. The molecule has 2 aromatic carbocycles. The lowest BCUT2D eigenvalue weighted by Gasteiger charge is -2.12. The number of benzene rings is 2. The molecule has 0 aliphatic rings. The average Bonchev–Trinajstić information content (AvgIpc) is 2.60. The van der Waals surface area contributed by atoms with Gasteiger partial charge in [0.05, 0.1) is 26.5 Å². The molecule has 140 valence electrons. The largest absolute Gasteiger partial charge is 0.496 e. The van der Waals surface area contributed by atoms with Crippen molar-refractivity contribution in [3.8, 4) is 11.5 Å². The number of anilines is 1. The molecule has 2 rings (SSSR count). The topological polar surface area (TPSA) is 89.0 Å². The molecule has 0 aliphatic carbocycles. The van der Waals surface area contributed by atoms with Crippen LogP contribution in [0.2, 0.25) is 0 Å². The van der Waals surface area contributed by atoms with Crippen molar-refractivity contribution >= 4 is 21.7 Å². The SMILES string of the molecule is CCOc1ccc(NC(=NCc2ccccc2OC)NS(C)(=O)=O)cc1. The van der Waals surface area contributed by atoms with E-state index in [2.05, 4.69) is 15.0 Å². The van der Waals surface area contributed by atoms with Gasteiger partial charge in [-0.05, 0) is 37.3 Å². The monoisotopic (exact) mass is 377 g/mol. The van der Waals surface area contributed by atoms with Crippen molar-refractivity contribution in [2.45, 2.75) is 13.5 Å². The van der Waals surface area contributed by atoms with Gasteiger partial charge in [0, 0.05) is 11.3 Å². The van der Waals surface area contributed by atoms with Gasteiger partial charge in [0.25, 0.3) is 0 Å². The number of nitrogens with one attached hydrogen (secondary N) is 2. The van der Waals surface area contributed by atoms with Gasteiger partial charge in [-0.2, -0.15) is 0 Å². The number of nitrogens with zero attached hydrogens (tertiary/aromatic N) is 1. The summed E-state index contributed by atoms with van der Waals surface area (Å²) in [6, 6.07) is 14.6. The maximum absolute atomic E-state index is 11.6. The molecule has 0 unspecified atom stereocenters. The standard InChI is InChI=1S/C18H23N3O4S/c1-4-25-16-11-9-15(10-12-16)20-18(21-26(3,22)23)19-13-14-7-5-6-8-17(14)24-2/h5-12H,4,13H2,1-3H3,(H2,19,20,21). The quantitative estimate of drug-likeness (QED) is 0.572. The molecule has 7 nitrogen and oxygen atoms in total. The zero-order valence-corrected chi connectivity index (χ0v) is 15.8. The highest BCUT2D eigenvalue weighted by atomic mass is 32.2. The molecule has 0 fully saturated rings. The maximum Gasteiger partial charge on any atom is 0.232 e. The molecule has 0 aliphatic heterocycles. The van der Waals surface area contributed by atoms with E-state index in [0.717, 1.165) is 17.6 Å². The Morgan fingerprint density at radius 3 is 2.42 bits per heavy atom. The van der Waals surface area contributed by atoms with E-state index in [1.54, 1.807) is 31.4 Å². The van der Waals surface area contributed by atoms with E-state index in [9.17, 15) is 8.42 Å². The third-order valence-corrected chi connectivity index (χ3v) is 3.87. The lowest BCUT2D eigenvalue weighted by molar-refractivity contribution is 0.340. The highest BCUT2D eigenvalue weighted by Gasteiger charge is 2.08. The van der Waals surface area contributed by atoms with Crippen molar-refractivity contribution in [3.05, 3.63) is 54.1 Å². The minimum absolute atomic E-state index is 0.127. The summed E-state index contributed by atoms with van der Waals surface area (Å²) in [5, 5.41) is 2.98. The molecule has 2 N–H and O–H groups in total.